The van der Waals surface area contributed by atoms with Crippen molar-refractivity contribution in [1.29, 1.82) is 0 Å². The minimum Gasteiger partial charge on any atom is -0.356 e. The van der Waals surface area contributed by atoms with E-state index in [-0.39, 0.29) is 6.29 Å². The largest absolute Gasteiger partial charge is 0.356 e. The van der Waals surface area contributed by atoms with E-state index in [1.54, 1.807) is 7.11 Å². The average Bonchev–Trinajstić information content (AvgIpc) is 2.62. The number of nitrogens with zero attached hydrogens (tertiary/aromatic N) is 1. The molecule has 4 heteroatoms. The summed E-state index contributed by atoms with van der Waals surface area (Å²) in [5, 5.41) is 0. The number of hydrogen-bond donors (Lipinski definition) is 0. The van der Waals surface area contributed by atoms with Crippen LogP contribution in [0.1, 0.15) is 0 Å². The normalized spacial score (nSPS) is 14.1. The van der Waals surface area contributed by atoms with Gasteiger partial charge in [-0.2, -0.15) is 0 Å². The summed E-state index contributed by atoms with van der Waals surface area (Å²) in [6, 6.07) is 5.01. The van der Waals surface area contributed by atoms with Crippen LogP contribution < -0.4 is 0 Å². The minimum absolute atomic E-state index is 0.0703. The molecule has 0 radical (unpaired) electrons. The van der Waals surface area contributed by atoms with Crippen LogP contribution in [0.25, 0.3) is 0 Å². The Kier molecular flexibility index (Phi) is 4.57. The number of ether oxygens (including phenoxy) is 2. The van der Waals surface area contributed by atoms with Crippen molar-refractivity contribution in [3.05, 3.63) is 24.5 Å². The summed E-state index contributed by atoms with van der Waals surface area (Å²) in [4.78, 5) is 0. The fourth-order valence-electron chi connectivity index (χ4n) is 1.34. The molecular weight excluding hydrogens is 206 g/mol. The summed E-state index contributed by atoms with van der Waals surface area (Å²) in [7, 11) is 0.586. The number of rotatable bonds is 6. The molecule has 0 amide bonds. The standard InChI is InChI=1S/C11H21NO2Si/c1-13-11(9-15(2,3)4)14-10-12-7-5-6-8-12/h5-8,11H,9-10H2,1-4H3. The fraction of sp³-hybridized carbons (Fsp3) is 0.636. The van der Waals surface area contributed by atoms with Crippen molar-refractivity contribution in [1.82, 2.24) is 4.57 Å². The summed E-state index contributed by atoms with van der Waals surface area (Å²) in [5.41, 5.74) is 0. The summed E-state index contributed by atoms with van der Waals surface area (Å²) in [5.74, 6) is 0. The van der Waals surface area contributed by atoms with Gasteiger partial charge < -0.3 is 14.0 Å². The lowest BCUT2D eigenvalue weighted by Gasteiger charge is -2.23. The first-order valence-electron chi connectivity index (χ1n) is 5.26. The van der Waals surface area contributed by atoms with Crippen LogP contribution in [0.3, 0.4) is 0 Å². The number of aromatic nitrogens is 1. The van der Waals surface area contributed by atoms with Crippen LogP contribution in [0.2, 0.25) is 25.7 Å². The Bertz CT molecular complexity index is 267. The van der Waals surface area contributed by atoms with Gasteiger partial charge in [-0.3, -0.25) is 0 Å². The van der Waals surface area contributed by atoms with Gasteiger partial charge in [0.2, 0.25) is 0 Å². The molecule has 0 N–H and O–H groups in total. The summed E-state index contributed by atoms with van der Waals surface area (Å²) in [6.45, 7) is 7.52. The molecule has 86 valence electrons. The van der Waals surface area contributed by atoms with E-state index in [0.717, 1.165) is 6.04 Å². The predicted molar refractivity (Wildman–Crippen MR) is 64.5 cm³/mol. The first-order valence-corrected chi connectivity index (χ1v) is 8.97. The molecule has 1 rings (SSSR count). The second-order valence-electron chi connectivity index (χ2n) is 4.92. The van der Waals surface area contributed by atoms with Gasteiger partial charge in [0.15, 0.2) is 6.29 Å². The highest BCUT2D eigenvalue weighted by Crippen LogP contribution is 2.15. The maximum atomic E-state index is 5.69. The molecule has 0 aliphatic carbocycles. The van der Waals surface area contributed by atoms with Gasteiger partial charge in [-0.15, -0.1) is 0 Å². The Morgan fingerprint density at radius 1 is 1.20 bits per heavy atom. The summed E-state index contributed by atoms with van der Waals surface area (Å²) >= 11 is 0. The van der Waals surface area contributed by atoms with E-state index in [1.807, 2.05) is 29.1 Å². The molecule has 0 bridgehead atoms. The molecule has 1 aromatic heterocycles. The van der Waals surface area contributed by atoms with E-state index in [1.165, 1.54) is 0 Å². The van der Waals surface area contributed by atoms with E-state index in [2.05, 4.69) is 19.6 Å². The highest BCUT2D eigenvalue weighted by molar-refractivity contribution is 6.76. The van der Waals surface area contributed by atoms with Crippen LogP contribution in [0, 0.1) is 0 Å². The van der Waals surface area contributed by atoms with E-state index >= 15 is 0 Å². The van der Waals surface area contributed by atoms with Gasteiger partial charge in [0.05, 0.1) is 0 Å². The fourth-order valence-corrected chi connectivity index (χ4v) is 2.62. The molecule has 1 heterocycles. The quantitative estimate of drug-likeness (QED) is 0.551. The molecule has 0 aromatic carbocycles. The average molecular weight is 227 g/mol. The summed E-state index contributed by atoms with van der Waals surface area (Å²) in [6.07, 6.45) is 3.90. The van der Waals surface area contributed by atoms with Gasteiger partial charge in [-0.25, -0.2) is 0 Å². The van der Waals surface area contributed by atoms with E-state index < -0.39 is 8.07 Å². The van der Waals surface area contributed by atoms with Crippen LogP contribution in [-0.2, 0) is 16.2 Å². The Hall–Kier alpha value is -0.583. The SMILES string of the molecule is COC(C[Si](C)(C)C)OCn1cccc1. The Labute approximate surface area is 93.0 Å². The van der Waals surface area contributed by atoms with E-state index in [4.69, 9.17) is 9.47 Å². The second-order valence-corrected chi connectivity index (χ2v) is 10.5. The molecule has 1 unspecified atom stereocenters. The Balaban J connectivity index is 2.34. The first kappa shape index (κ1) is 12.5. The lowest BCUT2D eigenvalue weighted by atomic mass is 10.7. The van der Waals surface area contributed by atoms with Crippen LogP contribution >= 0.6 is 0 Å². The third kappa shape index (κ3) is 5.16. The number of hydrogen-bond acceptors (Lipinski definition) is 2. The van der Waals surface area contributed by atoms with Crippen molar-refractivity contribution < 1.29 is 9.47 Å². The first-order chi connectivity index (χ1) is 7.01. The zero-order chi connectivity index (χ0) is 11.3. The third-order valence-electron chi connectivity index (χ3n) is 2.12. The van der Waals surface area contributed by atoms with Crippen molar-refractivity contribution >= 4 is 8.07 Å². The van der Waals surface area contributed by atoms with Crippen LogP contribution in [0.4, 0.5) is 0 Å². The van der Waals surface area contributed by atoms with Crippen molar-refractivity contribution in [3.63, 3.8) is 0 Å². The zero-order valence-corrected chi connectivity index (χ0v) is 11.1. The maximum Gasteiger partial charge on any atom is 0.157 e. The smallest absolute Gasteiger partial charge is 0.157 e. The van der Waals surface area contributed by atoms with Crippen LogP contribution in [-0.4, -0.2) is 26.0 Å². The topological polar surface area (TPSA) is 23.4 Å². The monoisotopic (exact) mass is 227 g/mol. The molecule has 0 saturated heterocycles. The maximum absolute atomic E-state index is 5.69. The lowest BCUT2D eigenvalue weighted by Crippen LogP contribution is -2.30. The van der Waals surface area contributed by atoms with Gasteiger partial charge in [-0.1, -0.05) is 19.6 Å². The molecule has 0 saturated carbocycles. The molecule has 0 fully saturated rings. The van der Waals surface area contributed by atoms with Crippen molar-refractivity contribution in [2.45, 2.75) is 38.7 Å². The highest BCUT2D eigenvalue weighted by atomic mass is 28.3. The molecule has 3 nitrogen and oxygen atoms in total. The molecule has 0 aliphatic rings. The Morgan fingerprint density at radius 2 is 1.80 bits per heavy atom. The van der Waals surface area contributed by atoms with Crippen molar-refractivity contribution in [2.75, 3.05) is 7.11 Å². The second kappa shape index (κ2) is 5.49. The van der Waals surface area contributed by atoms with Gasteiger partial charge >= 0.3 is 0 Å². The van der Waals surface area contributed by atoms with Gasteiger partial charge in [0.25, 0.3) is 0 Å². The van der Waals surface area contributed by atoms with Gasteiger partial charge in [0.1, 0.15) is 6.73 Å². The molecule has 1 aromatic rings. The van der Waals surface area contributed by atoms with Crippen LogP contribution in [0.15, 0.2) is 24.5 Å². The van der Waals surface area contributed by atoms with Crippen molar-refractivity contribution in [3.8, 4) is 0 Å². The molecule has 1 atom stereocenters. The molecule has 0 spiro atoms. The molecular formula is C11H21NO2Si. The van der Waals surface area contributed by atoms with Crippen molar-refractivity contribution in [2.24, 2.45) is 0 Å². The summed E-state index contributed by atoms with van der Waals surface area (Å²) < 4.78 is 13.0. The predicted octanol–water partition coefficient (Wildman–Crippen LogP) is 2.77. The molecule has 0 aliphatic heterocycles. The van der Waals surface area contributed by atoms with Crippen LogP contribution in [0.5, 0.6) is 0 Å². The van der Waals surface area contributed by atoms with E-state index in [9.17, 15) is 0 Å². The Morgan fingerprint density at radius 3 is 2.27 bits per heavy atom. The van der Waals surface area contributed by atoms with Gasteiger partial charge in [-0.05, 0) is 18.2 Å². The zero-order valence-electron chi connectivity index (χ0n) is 10.1. The minimum atomic E-state index is -1.12. The lowest BCUT2D eigenvalue weighted by molar-refractivity contribution is -0.134. The molecule has 15 heavy (non-hydrogen) atoms. The van der Waals surface area contributed by atoms with Gasteiger partial charge in [0, 0.05) is 27.6 Å². The number of methoxy groups -OCH3 is 1. The van der Waals surface area contributed by atoms with E-state index in [0.29, 0.717) is 6.73 Å². The highest BCUT2D eigenvalue weighted by Gasteiger charge is 2.20. The third-order valence-corrected chi connectivity index (χ3v) is 3.68.